The lowest BCUT2D eigenvalue weighted by Crippen LogP contribution is -2.41. The number of ether oxygens (including phenoxy) is 2. The van der Waals surface area contributed by atoms with Crippen molar-refractivity contribution in [3.63, 3.8) is 0 Å². The predicted octanol–water partition coefficient (Wildman–Crippen LogP) is 6.08. The Morgan fingerprint density at radius 1 is 1.13 bits per heavy atom. The van der Waals surface area contributed by atoms with Gasteiger partial charge in [-0.15, -0.1) is 0 Å². The van der Waals surface area contributed by atoms with Gasteiger partial charge in [-0.05, 0) is 98.5 Å². The maximum Gasteiger partial charge on any atom is 0.303 e. The maximum atomic E-state index is 11.3. The third kappa shape index (κ3) is 7.40. The number of aromatic nitrogens is 1. The number of nitrogens with zero attached hydrogens (tertiary/aromatic N) is 2. The van der Waals surface area contributed by atoms with Gasteiger partial charge in [-0.3, -0.25) is 14.7 Å². The first-order valence-electron chi connectivity index (χ1n) is 13.1. The van der Waals surface area contributed by atoms with Crippen LogP contribution in [0.2, 0.25) is 5.02 Å². The second kappa shape index (κ2) is 13.5. The first kappa shape index (κ1) is 27.8. The Kier molecular flexibility index (Phi) is 9.86. The van der Waals surface area contributed by atoms with Gasteiger partial charge < -0.3 is 14.6 Å². The highest BCUT2D eigenvalue weighted by Crippen LogP contribution is 2.32. The summed E-state index contributed by atoms with van der Waals surface area (Å²) >= 11 is 6.13. The largest absolute Gasteiger partial charge is 0.497 e. The molecule has 6 nitrogen and oxygen atoms in total. The second-order valence-corrected chi connectivity index (χ2v) is 10.3. The highest BCUT2D eigenvalue weighted by Gasteiger charge is 2.29. The molecule has 0 radical (unpaired) electrons. The number of aryl methyl sites for hydroxylation is 1. The molecular weight excluding hydrogens is 500 g/mol. The molecule has 200 valence electrons. The Hall–Kier alpha value is -3.27. The number of carboxylic acids is 1. The fourth-order valence-electron chi connectivity index (χ4n) is 5.42. The number of likely N-dealkylation sites (tertiary alicyclic amines) is 1. The monoisotopic (exact) mass is 534 g/mol. The van der Waals surface area contributed by atoms with E-state index in [1.165, 1.54) is 5.56 Å². The number of pyridine rings is 1. The van der Waals surface area contributed by atoms with Gasteiger partial charge in [0, 0.05) is 29.6 Å². The standard InChI is InChI=1S/C31H35ClN2O4/c1-37-27-10-11-29-28(20-27)23(14-16-33-29)6-3-5-22-15-18-34(21-25(22)8-13-31(35)36)17-4-7-24-19-26(32)9-12-30(24)38-2/h9-12,14,16,19-20,22,25H,3,5-6,8,13,15,17-18,21H2,1-2H3,(H,35,36)/t22-,25+/m1/s1. The minimum atomic E-state index is -0.731. The highest BCUT2D eigenvalue weighted by atomic mass is 35.5. The lowest BCUT2D eigenvalue weighted by atomic mass is 9.79. The van der Waals surface area contributed by atoms with Crippen molar-refractivity contribution in [3.8, 4) is 23.3 Å². The molecule has 0 amide bonds. The highest BCUT2D eigenvalue weighted by molar-refractivity contribution is 6.30. The van der Waals surface area contributed by atoms with E-state index in [0.717, 1.165) is 61.0 Å². The van der Waals surface area contributed by atoms with Crippen molar-refractivity contribution in [2.75, 3.05) is 33.9 Å². The number of hydrogen-bond acceptors (Lipinski definition) is 5. The van der Waals surface area contributed by atoms with Crippen LogP contribution in [0.15, 0.2) is 48.7 Å². The van der Waals surface area contributed by atoms with Gasteiger partial charge >= 0.3 is 5.97 Å². The summed E-state index contributed by atoms with van der Waals surface area (Å²) in [6, 6.07) is 13.5. The zero-order valence-corrected chi connectivity index (χ0v) is 22.8. The summed E-state index contributed by atoms with van der Waals surface area (Å²) in [5.41, 5.74) is 3.03. The smallest absolute Gasteiger partial charge is 0.303 e. The molecule has 38 heavy (non-hydrogen) atoms. The Morgan fingerprint density at radius 3 is 2.79 bits per heavy atom. The summed E-state index contributed by atoms with van der Waals surface area (Å²) in [4.78, 5) is 18.2. The van der Waals surface area contributed by atoms with Gasteiger partial charge in [0.2, 0.25) is 0 Å². The number of carboxylic acid groups (broad SMARTS) is 1. The summed E-state index contributed by atoms with van der Waals surface area (Å²) in [6.45, 7) is 2.47. The quantitative estimate of drug-likeness (QED) is 0.318. The molecule has 1 aliphatic rings. The first-order chi connectivity index (χ1) is 18.5. The van der Waals surface area contributed by atoms with E-state index >= 15 is 0 Å². The van der Waals surface area contributed by atoms with Gasteiger partial charge in [0.15, 0.2) is 0 Å². The van der Waals surface area contributed by atoms with Gasteiger partial charge in [-0.1, -0.05) is 23.4 Å². The number of piperidine rings is 1. The van der Waals surface area contributed by atoms with Gasteiger partial charge in [0.1, 0.15) is 11.5 Å². The minimum absolute atomic E-state index is 0.204. The molecule has 1 fully saturated rings. The summed E-state index contributed by atoms with van der Waals surface area (Å²) < 4.78 is 10.8. The maximum absolute atomic E-state index is 11.3. The van der Waals surface area contributed by atoms with E-state index in [9.17, 15) is 9.90 Å². The predicted molar refractivity (Wildman–Crippen MR) is 151 cm³/mol. The van der Waals surface area contributed by atoms with E-state index in [2.05, 4.69) is 33.9 Å². The Balaban J connectivity index is 1.37. The topological polar surface area (TPSA) is 71.9 Å². The van der Waals surface area contributed by atoms with Crippen molar-refractivity contribution in [3.05, 3.63) is 64.8 Å². The molecule has 2 aromatic carbocycles. The SMILES string of the molecule is COc1ccc2nccc(CCC[C@@H]3CCN(CC#Cc4cc(Cl)ccc4OC)C[C@@H]3CCC(=O)O)c2c1. The number of fused-ring (bicyclic) bond motifs is 1. The molecular formula is C31H35ClN2O4. The summed E-state index contributed by atoms with van der Waals surface area (Å²) in [5, 5.41) is 11.1. The molecule has 1 saturated heterocycles. The number of benzene rings is 2. The van der Waals surface area contributed by atoms with Crippen LogP contribution in [0.5, 0.6) is 11.5 Å². The molecule has 1 N–H and O–H groups in total. The number of rotatable bonds is 10. The van der Waals surface area contributed by atoms with Crippen LogP contribution in [0.3, 0.4) is 0 Å². The Bertz CT molecular complexity index is 1320. The van der Waals surface area contributed by atoms with Crippen LogP contribution in [0.4, 0.5) is 0 Å². The summed E-state index contributed by atoms with van der Waals surface area (Å²) in [5.74, 6) is 8.13. The third-order valence-corrected chi connectivity index (χ3v) is 7.69. The molecule has 2 heterocycles. The molecule has 0 unspecified atom stereocenters. The second-order valence-electron chi connectivity index (χ2n) is 9.87. The molecule has 2 atom stereocenters. The van der Waals surface area contributed by atoms with Crippen LogP contribution in [0, 0.1) is 23.7 Å². The van der Waals surface area contributed by atoms with Crippen molar-refractivity contribution in [1.29, 1.82) is 0 Å². The number of halogens is 1. The van der Waals surface area contributed by atoms with E-state index < -0.39 is 5.97 Å². The van der Waals surface area contributed by atoms with E-state index in [1.54, 1.807) is 20.3 Å². The van der Waals surface area contributed by atoms with Gasteiger partial charge in [-0.2, -0.15) is 0 Å². The number of carbonyl (C=O) groups is 1. The van der Waals surface area contributed by atoms with Crippen LogP contribution >= 0.6 is 11.6 Å². The summed E-state index contributed by atoms with van der Waals surface area (Å²) in [6.07, 6.45) is 6.92. The normalized spacial score (nSPS) is 17.6. The van der Waals surface area contributed by atoms with E-state index in [1.807, 2.05) is 30.5 Å². The Labute approximate surface area is 229 Å². The number of hydrogen-bond donors (Lipinski definition) is 1. The third-order valence-electron chi connectivity index (χ3n) is 7.45. The number of aliphatic carboxylic acids is 1. The molecule has 1 aliphatic heterocycles. The van der Waals surface area contributed by atoms with E-state index in [4.69, 9.17) is 21.1 Å². The molecule has 7 heteroatoms. The fraction of sp³-hybridized carbons (Fsp3) is 0.419. The fourth-order valence-corrected chi connectivity index (χ4v) is 5.59. The van der Waals surface area contributed by atoms with Crippen LogP contribution in [0.25, 0.3) is 10.9 Å². The van der Waals surface area contributed by atoms with E-state index in [-0.39, 0.29) is 6.42 Å². The molecule has 4 rings (SSSR count). The molecule has 0 aliphatic carbocycles. The van der Waals surface area contributed by atoms with Gasteiger partial charge in [0.25, 0.3) is 0 Å². The average molecular weight is 535 g/mol. The van der Waals surface area contributed by atoms with Crippen LogP contribution in [-0.4, -0.2) is 54.8 Å². The summed E-state index contributed by atoms with van der Waals surface area (Å²) in [7, 11) is 3.31. The molecule has 3 aromatic rings. The van der Waals surface area contributed by atoms with Crippen LogP contribution < -0.4 is 9.47 Å². The Morgan fingerprint density at radius 2 is 2.00 bits per heavy atom. The van der Waals surface area contributed by atoms with Crippen molar-refractivity contribution < 1.29 is 19.4 Å². The molecule has 0 saturated carbocycles. The first-order valence-corrected chi connectivity index (χ1v) is 13.5. The lowest BCUT2D eigenvalue weighted by molar-refractivity contribution is -0.137. The van der Waals surface area contributed by atoms with Gasteiger partial charge in [0.05, 0.1) is 31.8 Å². The van der Waals surface area contributed by atoms with E-state index in [0.29, 0.717) is 35.6 Å². The average Bonchev–Trinajstić information content (AvgIpc) is 2.92. The minimum Gasteiger partial charge on any atom is -0.497 e. The van der Waals surface area contributed by atoms with Crippen LogP contribution in [0.1, 0.15) is 43.2 Å². The zero-order valence-electron chi connectivity index (χ0n) is 22.1. The van der Waals surface area contributed by atoms with Crippen LogP contribution in [-0.2, 0) is 11.2 Å². The van der Waals surface area contributed by atoms with Crippen molar-refractivity contribution in [2.24, 2.45) is 11.8 Å². The van der Waals surface area contributed by atoms with Gasteiger partial charge in [-0.25, -0.2) is 0 Å². The molecule has 0 bridgehead atoms. The number of methoxy groups -OCH3 is 2. The van der Waals surface area contributed by atoms with Crippen molar-refractivity contribution in [2.45, 2.75) is 38.5 Å². The van der Waals surface area contributed by atoms with Crippen molar-refractivity contribution in [1.82, 2.24) is 9.88 Å². The molecule has 1 aromatic heterocycles. The zero-order chi connectivity index (χ0) is 26.9. The van der Waals surface area contributed by atoms with Crippen molar-refractivity contribution >= 4 is 28.5 Å². The lowest BCUT2D eigenvalue weighted by Gasteiger charge is -2.38. The molecule has 0 spiro atoms.